The number of nitrogen functional groups attached to an aromatic ring is 2. The highest BCUT2D eigenvalue weighted by Crippen LogP contribution is 2.40. The van der Waals surface area contributed by atoms with Gasteiger partial charge in [-0.3, -0.25) is 0 Å². The lowest BCUT2D eigenvalue weighted by Crippen LogP contribution is -1.98. The molecule has 1 aliphatic carbocycles. The Hall–Kier alpha value is -1.38. The number of hydrogen-bond donors (Lipinski definition) is 2. The van der Waals surface area contributed by atoms with Crippen molar-refractivity contribution in [2.75, 3.05) is 11.5 Å². The zero-order chi connectivity index (χ0) is 10.4. The van der Waals surface area contributed by atoms with Crippen LogP contribution in [0.4, 0.5) is 11.4 Å². The van der Waals surface area contributed by atoms with Crippen molar-refractivity contribution in [3.63, 3.8) is 0 Å². The zero-order valence-corrected chi connectivity index (χ0v) is 10.8. The van der Waals surface area contributed by atoms with Crippen LogP contribution in [0, 0.1) is 0 Å². The second kappa shape index (κ2) is 4.86. The van der Waals surface area contributed by atoms with E-state index in [0.717, 1.165) is 12.1 Å². The molecule has 0 bridgehead atoms. The molecule has 2 aromatic rings. The largest absolute Gasteiger partial charge is 0.397 e. The lowest BCUT2D eigenvalue weighted by Gasteiger charge is -2.06. The van der Waals surface area contributed by atoms with E-state index in [2.05, 4.69) is 30.3 Å². The van der Waals surface area contributed by atoms with Gasteiger partial charge in [-0.15, -0.1) is 24.8 Å². The molecule has 1 aliphatic rings. The smallest absolute Gasteiger partial charge is 0.0589 e. The van der Waals surface area contributed by atoms with E-state index >= 15 is 0 Å². The van der Waals surface area contributed by atoms with Gasteiger partial charge in [0.15, 0.2) is 0 Å². The van der Waals surface area contributed by atoms with Gasteiger partial charge in [0, 0.05) is 6.42 Å². The molecular weight excluding hydrogens is 255 g/mol. The quantitative estimate of drug-likeness (QED) is 0.615. The van der Waals surface area contributed by atoms with Crippen LogP contribution in [0.15, 0.2) is 36.4 Å². The standard InChI is InChI=1S/C13H12N2.2ClH/c14-12-6-5-10-9-4-2-1-3-8(9)7-11(10)13(12)15;;/h1-6H,7,14-15H2;2*1H. The van der Waals surface area contributed by atoms with Crippen LogP contribution in [0.25, 0.3) is 11.1 Å². The zero-order valence-electron chi connectivity index (χ0n) is 9.14. The Kier molecular flexibility index (Phi) is 3.91. The van der Waals surface area contributed by atoms with Crippen LogP contribution in [0.5, 0.6) is 0 Å². The summed E-state index contributed by atoms with van der Waals surface area (Å²) in [7, 11) is 0. The first-order valence-electron chi connectivity index (χ1n) is 5.02. The van der Waals surface area contributed by atoms with Crippen molar-refractivity contribution in [1.29, 1.82) is 0 Å². The normalized spacial score (nSPS) is 10.8. The Labute approximate surface area is 113 Å². The van der Waals surface area contributed by atoms with Crippen molar-refractivity contribution in [3.05, 3.63) is 47.5 Å². The van der Waals surface area contributed by atoms with Crippen LogP contribution >= 0.6 is 24.8 Å². The molecule has 3 rings (SSSR count). The topological polar surface area (TPSA) is 52.0 Å². The maximum atomic E-state index is 5.99. The second-order valence-corrected chi connectivity index (χ2v) is 3.93. The first-order chi connectivity index (χ1) is 7.27. The first-order valence-corrected chi connectivity index (χ1v) is 5.02. The lowest BCUT2D eigenvalue weighted by atomic mass is 10.0. The minimum atomic E-state index is 0. The summed E-state index contributed by atoms with van der Waals surface area (Å²) >= 11 is 0. The monoisotopic (exact) mass is 268 g/mol. The van der Waals surface area contributed by atoms with Gasteiger partial charge in [-0.1, -0.05) is 30.3 Å². The summed E-state index contributed by atoms with van der Waals surface area (Å²) in [6, 6.07) is 12.3. The van der Waals surface area contributed by atoms with Gasteiger partial charge in [-0.2, -0.15) is 0 Å². The molecule has 0 saturated heterocycles. The minimum absolute atomic E-state index is 0. The van der Waals surface area contributed by atoms with Crippen molar-refractivity contribution in [2.24, 2.45) is 0 Å². The number of benzene rings is 2. The Morgan fingerprint density at radius 2 is 1.53 bits per heavy atom. The average Bonchev–Trinajstić information content (AvgIpc) is 2.63. The Balaban J connectivity index is 0.000000722. The molecule has 2 aromatic carbocycles. The van der Waals surface area contributed by atoms with Gasteiger partial charge >= 0.3 is 0 Å². The van der Waals surface area contributed by atoms with Crippen molar-refractivity contribution < 1.29 is 0 Å². The van der Waals surface area contributed by atoms with E-state index in [1.165, 1.54) is 22.3 Å². The third kappa shape index (κ3) is 1.94. The third-order valence-electron chi connectivity index (χ3n) is 3.07. The highest BCUT2D eigenvalue weighted by atomic mass is 35.5. The molecule has 0 aliphatic heterocycles. The number of anilines is 2. The van der Waals surface area contributed by atoms with E-state index < -0.39 is 0 Å². The molecule has 0 spiro atoms. The maximum absolute atomic E-state index is 5.99. The van der Waals surface area contributed by atoms with Gasteiger partial charge in [-0.25, -0.2) is 0 Å². The average molecular weight is 269 g/mol. The molecule has 4 heteroatoms. The molecular formula is C13H14Cl2N2. The predicted molar refractivity (Wildman–Crippen MR) is 78.0 cm³/mol. The van der Waals surface area contributed by atoms with Crippen LogP contribution in [0.3, 0.4) is 0 Å². The van der Waals surface area contributed by atoms with Crippen molar-refractivity contribution in [2.45, 2.75) is 6.42 Å². The number of nitrogens with two attached hydrogens (primary N) is 2. The highest BCUT2D eigenvalue weighted by molar-refractivity contribution is 5.86. The fourth-order valence-corrected chi connectivity index (χ4v) is 2.25. The van der Waals surface area contributed by atoms with Gasteiger partial charge in [-0.05, 0) is 28.3 Å². The van der Waals surface area contributed by atoms with Crippen molar-refractivity contribution in [1.82, 2.24) is 0 Å². The Bertz CT molecular complexity index is 553. The summed E-state index contributed by atoms with van der Waals surface area (Å²) in [5, 5.41) is 0. The first kappa shape index (κ1) is 13.7. The molecule has 0 unspecified atom stereocenters. The minimum Gasteiger partial charge on any atom is -0.397 e. The number of halogens is 2. The molecule has 0 fully saturated rings. The number of fused-ring (bicyclic) bond motifs is 3. The van der Waals surface area contributed by atoms with Gasteiger partial charge in [0.05, 0.1) is 11.4 Å². The molecule has 4 N–H and O–H groups in total. The van der Waals surface area contributed by atoms with Gasteiger partial charge in [0.25, 0.3) is 0 Å². The van der Waals surface area contributed by atoms with Crippen LogP contribution in [-0.2, 0) is 6.42 Å². The Morgan fingerprint density at radius 3 is 2.29 bits per heavy atom. The van der Waals surface area contributed by atoms with Gasteiger partial charge in [0.1, 0.15) is 0 Å². The lowest BCUT2D eigenvalue weighted by molar-refractivity contribution is 1.27. The molecule has 2 nitrogen and oxygen atoms in total. The van der Waals surface area contributed by atoms with E-state index in [1.807, 2.05) is 6.07 Å². The van der Waals surface area contributed by atoms with E-state index in [1.54, 1.807) is 0 Å². The summed E-state index contributed by atoms with van der Waals surface area (Å²) in [6.07, 6.45) is 0.905. The van der Waals surface area contributed by atoms with Crippen LogP contribution in [-0.4, -0.2) is 0 Å². The molecule has 0 heterocycles. The molecule has 0 radical (unpaired) electrons. The molecule has 17 heavy (non-hydrogen) atoms. The molecule has 0 saturated carbocycles. The summed E-state index contributed by atoms with van der Waals surface area (Å²) in [5.74, 6) is 0. The fourth-order valence-electron chi connectivity index (χ4n) is 2.25. The highest BCUT2D eigenvalue weighted by Gasteiger charge is 2.20. The van der Waals surface area contributed by atoms with E-state index in [-0.39, 0.29) is 24.8 Å². The molecule has 90 valence electrons. The van der Waals surface area contributed by atoms with Gasteiger partial charge < -0.3 is 11.5 Å². The molecule has 0 aromatic heterocycles. The fraction of sp³-hybridized carbons (Fsp3) is 0.0769. The van der Waals surface area contributed by atoms with E-state index in [9.17, 15) is 0 Å². The van der Waals surface area contributed by atoms with Crippen LogP contribution in [0.2, 0.25) is 0 Å². The summed E-state index contributed by atoms with van der Waals surface area (Å²) in [4.78, 5) is 0. The second-order valence-electron chi connectivity index (χ2n) is 3.93. The summed E-state index contributed by atoms with van der Waals surface area (Å²) < 4.78 is 0. The Morgan fingerprint density at radius 1 is 0.824 bits per heavy atom. The number of hydrogen-bond acceptors (Lipinski definition) is 2. The van der Waals surface area contributed by atoms with E-state index in [4.69, 9.17) is 11.5 Å². The van der Waals surface area contributed by atoms with E-state index in [0.29, 0.717) is 5.69 Å². The summed E-state index contributed by atoms with van der Waals surface area (Å²) in [6.45, 7) is 0. The molecule has 0 atom stereocenters. The molecule has 0 amide bonds. The predicted octanol–water partition coefficient (Wildman–Crippen LogP) is 3.27. The van der Waals surface area contributed by atoms with Crippen LogP contribution < -0.4 is 11.5 Å². The summed E-state index contributed by atoms with van der Waals surface area (Å²) in [5.41, 5.74) is 18.3. The third-order valence-corrected chi connectivity index (χ3v) is 3.07. The number of rotatable bonds is 0. The van der Waals surface area contributed by atoms with Crippen molar-refractivity contribution in [3.8, 4) is 11.1 Å². The maximum Gasteiger partial charge on any atom is 0.0589 e. The SMILES string of the molecule is Cl.Cl.Nc1ccc2c(c1N)Cc1ccccc1-2. The van der Waals surface area contributed by atoms with Crippen LogP contribution in [0.1, 0.15) is 11.1 Å². The van der Waals surface area contributed by atoms with Crippen molar-refractivity contribution >= 4 is 36.2 Å². The van der Waals surface area contributed by atoms with Gasteiger partial charge in [0.2, 0.25) is 0 Å².